The molecule has 3 aromatic carbocycles. The number of nitrogens with one attached hydrogen (secondary N) is 2. The minimum Gasteiger partial charge on any atom is -0.465 e. The predicted molar refractivity (Wildman–Crippen MR) is 188 cm³/mol. The van der Waals surface area contributed by atoms with E-state index in [0.29, 0.717) is 13.0 Å². The Balaban J connectivity index is 1.31. The Bertz CT molecular complexity index is 1610. The highest BCUT2D eigenvalue weighted by Gasteiger charge is 2.39. The van der Waals surface area contributed by atoms with Crippen molar-refractivity contribution in [3.8, 4) is 11.1 Å². The lowest BCUT2D eigenvalue weighted by Crippen LogP contribution is -2.45. The normalized spacial score (nSPS) is 21.0. The van der Waals surface area contributed by atoms with Crippen LogP contribution in [0.1, 0.15) is 81.6 Å². The summed E-state index contributed by atoms with van der Waals surface area (Å²) < 4.78 is 23.9. The second-order valence-corrected chi connectivity index (χ2v) is 13.7. The lowest BCUT2D eigenvalue weighted by atomic mass is 9.98. The van der Waals surface area contributed by atoms with E-state index >= 15 is 0 Å². The van der Waals surface area contributed by atoms with Crippen LogP contribution in [-0.2, 0) is 41.7 Å². The molecule has 4 atom stereocenters. The van der Waals surface area contributed by atoms with E-state index in [1.165, 1.54) is 0 Å². The molecule has 2 amide bonds. The van der Waals surface area contributed by atoms with E-state index in [1.807, 2.05) is 87.5 Å². The van der Waals surface area contributed by atoms with Gasteiger partial charge in [0.1, 0.15) is 18.2 Å². The molecule has 3 N–H and O–H groups in total. The van der Waals surface area contributed by atoms with Gasteiger partial charge in [-0.25, -0.2) is 4.79 Å². The molecule has 11 nitrogen and oxygen atoms in total. The highest BCUT2D eigenvalue weighted by atomic mass is 16.7. The van der Waals surface area contributed by atoms with Crippen LogP contribution in [0.3, 0.4) is 0 Å². The van der Waals surface area contributed by atoms with Crippen molar-refractivity contribution < 1.29 is 38.4 Å². The number of carbonyl (C=O) groups excluding carboxylic acids is 3. The monoisotopic (exact) mass is 687 g/mol. The Kier molecular flexibility index (Phi) is 12.6. The van der Waals surface area contributed by atoms with E-state index in [9.17, 15) is 19.5 Å². The summed E-state index contributed by atoms with van der Waals surface area (Å²) >= 11 is 0. The Morgan fingerprint density at radius 1 is 0.920 bits per heavy atom. The zero-order chi connectivity index (χ0) is 35.7. The van der Waals surface area contributed by atoms with Gasteiger partial charge in [-0.05, 0) is 87.0 Å². The van der Waals surface area contributed by atoms with Crippen LogP contribution in [0.15, 0.2) is 72.8 Å². The fourth-order valence-electron chi connectivity index (χ4n) is 6.31. The number of ether oxygens (including phenoxy) is 4. The summed E-state index contributed by atoms with van der Waals surface area (Å²) in [5.74, 6) is -0.689. The summed E-state index contributed by atoms with van der Waals surface area (Å²) in [5.41, 5.74) is 4.93. The van der Waals surface area contributed by atoms with Crippen LogP contribution in [0.25, 0.3) is 11.1 Å². The third-order valence-corrected chi connectivity index (χ3v) is 8.67. The number of rotatable bonds is 12. The second kappa shape index (κ2) is 17.1. The summed E-state index contributed by atoms with van der Waals surface area (Å²) in [5, 5.41) is 14.9. The lowest BCUT2D eigenvalue weighted by molar-refractivity contribution is -0.253. The minimum absolute atomic E-state index is 0.0338. The number of likely N-dealkylation sites (tertiary alicyclic amines) is 1. The SMILES string of the molecule is CCOC(=O)CNC(=O)NCc1cccc(-c2cccc(C3OC(CN4CCCC4C(=O)OC(C)(C)C)CC(c4ccc(CO)cc4)O3)c2)c1. The predicted octanol–water partition coefficient (Wildman–Crippen LogP) is 5.56. The molecule has 268 valence electrons. The van der Waals surface area contributed by atoms with Crippen molar-refractivity contribution in [1.82, 2.24) is 15.5 Å². The van der Waals surface area contributed by atoms with Crippen molar-refractivity contribution in [1.29, 1.82) is 0 Å². The zero-order valence-electron chi connectivity index (χ0n) is 29.4. The van der Waals surface area contributed by atoms with E-state index < -0.39 is 23.9 Å². The number of hydrogen-bond acceptors (Lipinski definition) is 9. The van der Waals surface area contributed by atoms with Gasteiger partial charge in [-0.1, -0.05) is 60.7 Å². The van der Waals surface area contributed by atoms with Crippen molar-refractivity contribution >= 4 is 18.0 Å². The summed E-state index contributed by atoms with van der Waals surface area (Å²) in [6.07, 6.45) is 1.13. The van der Waals surface area contributed by atoms with E-state index in [-0.39, 0.29) is 50.5 Å². The summed E-state index contributed by atoms with van der Waals surface area (Å²) in [6.45, 7) is 9.03. The first kappa shape index (κ1) is 37.0. The van der Waals surface area contributed by atoms with Gasteiger partial charge in [0.2, 0.25) is 0 Å². The van der Waals surface area contributed by atoms with E-state index in [2.05, 4.69) is 21.6 Å². The highest BCUT2D eigenvalue weighted by Crippen LogP contribution is 2.39. The van der Waals surface area contributed by atoms with Crippen molar-refractivity contribution in [2.24, 2.45) is 0 Å². The smallest absolute Gasteiger partial charge is 0.325 e. The number of aliphatic hydroxyl groups is 1. The first-order chi connectivity index (χ1) is 24.0. The van der Waals surface area contributed by atoms with Gasteiger partial charge >= 0.3 is 18.0 Å². The molecule has 0 saturated carbocycles. The fourth-order valence-corrected chi connectivity index (χ4v) is 6.31. The van der Waals surface area contributed by atoms with Crippen molar-refractivity contribution in [2.45, 2.75) is 90.2 Å². The molecule has 2 fully saturated rings. The minimum atomic E-state index is -0.660. The second-order valence-electron chi connectivity index (χ2n) is 13.7. The molecule has 0 spiro atoms. The van der Waals surface area contributed by atoms with E-state index in [1.54, 1.807) is 6.92 Å². The largest absolute Gasteiger partial charge is 0.465 e. The molecule has 4 unspecified atom stereocenters. The van der Waals surface area contributed by atoms with Crippen molar-refractivity contribution in [3.63, 3.8) is 0 Å². The van der Waals surface area contributed by atoms with Crippen LogP contribution in [0.4, 0.5) is 4.79 Å². The Morgan fingerprint density at radius 2 is 1.66 bits per heavy atom. The molecule has 2 saturated heterocycles. The van der Waals surface area contributed by atoms with Gasteiger partial charge in [0.05, 0.1) is 25.4 Å². The highest BCUT2D eigenvalue weighted by molar-refractivity contribution is 5.80. The third kappa shape index (κ3) is 10.4. The van der Waals surface area contributed by atoms with Gasteiger partial charge < -0.3 is 34.7 Å². The quantitative estimate of drug-likeness (QED) is 0.209. The maximum atomic E-state index is 13.1. The van der Waals surface area contributed by atoms with Gasteiger partial charge in [-0.2, -0.15) is 0 Å². The number of amides is 2. The summed E-state index contributed by atoms with van der Waals surface area (Å²) in [6, 6.07) is 22.9. The lowest BCUT2D eigenvalue weighted by Gasteiger charge is -2.38. The summed E-state index contributed by atoms with van der Waals surface area (Å²) in [4.78, 5) is 39.0. The number of hydrogen-bond donors (Lipinski definition) is 3. The van der Waals surface area contributed by atoms with Crippen LogP contribution in [-0.4, -0.2) is 72.0 Å². The van der Waals surface area contributed by atoms with Crippen LogP contribution in [0.2, 0.25) is 0 Å². The maximum absolute atomic E-state index is 13.1. The van der Waals surface area contributed by atoms with Gasteiger partial charge in [0.25, 0.3) is 0 Å². The van der Waals surface area contributed by atoms with E-state index in [4.69, 9.17) is 18.9 Å². The Morgan fingerprint density at radius 3 is 2.38 bits per heavy atom. The molecule has 50 heavy (non-hydrogen) atoms. The van der Waals surface area contributed by atoms with Crippen molar-refractivity contribution in [2.75, 3.05) is 26.2 Å². The van der Waals surface area contributed by atoms with Crippen LogP contribution in [0, 0.1) is 0 Å². The number of aliphatic hydroxyl groups excluding tert-OH is 1. The van der Waals surface area contributed by atoms with Gasteiger partial charge in [-0.15, -0.1) is 0 Å². The molecule has 0 radical (unpaired) electrons. The van der Waals surface area contributed by atoms with Crippen molar-refractivity contribution in [3.05, 3.63) is 95.1 Å². The number of nitrogens with zero attached hydrogens (tertiary/aromatic N) is 1. The molecule has 2 heterocycles. The molecule has 0 aliphatic carbocycles. The van der Waals surface area contributed by atoms with Gasteiger partial charge in [0.15, 0.2) is 6.29 Å². The topological polar surface area (TPSA) is 136 Å². The Labute approximate surface area is 294 Å². The average molecular weight is 688 g/mol. The van der Waals surface area contributed by atoms with Gasteiger partial charge in [-0.3, -0.25) is 14.5 Å². The standard InChI is InChI=1S/C39H49N3O8/c1-5-47-35(44)23-41-38(46)40-22-27-9-6-10-29(19-27)30-11-7-12-31(20-30)37-48-32(21-34(49-37)28-16-14-26(25-43)15-17-28)24-42-18-8-13-33(42)36(45)50-39(2,3)4/h6-7,9-12,14-17,19-20,32-34,37,43H,5,8,13,18,21-25H2,1-4H3,(H2,40,41,46). The number of carbonyl (C=O) groups is 3. The van der Waals surface area contributed by atoms with Gasteiger partial charge in [0, 0.05) is 25.1 Å². The number of benzene rings is 3. The van der Waals surface area contributed by atoms with Crippen LogP contribution < -0.4 is 10.6 Å². The molecule has 0 aromatic heterocycles. The summed E-state index contributed by atoms with van der Waals surface area (Å²) in [7, 11) is 0. The molecule has 5 rings (SSSR count). The average Bonchev–Trinajstić information content (AvgIpc) is 3.57. The Hall–Kier alpha value is -4.29. The molecular weight excluding hydrogens is 638 g/mol. The molecule has 3 aromatic rings. The molecular formula is C39H49N3O8. The molecule has 2 aliphatic heterocycles. The first-order valence-electron chi connectivity index (χ1n) is 17.4. The molecule has 0 bridgehead atoms. The van der Waals surface area contributed by atoms with E-state index in [0.717, 1.165) is 52.8 Å². The number of urea groups is 1. The first-order valence-corrected chi connectivity index (χ1v) is 17.4. The maximum Gasteiger partial charge on any atom is 0.325 e. The van der Waals surface area contributed by atoms with Crippen LogP contribution in [0.5, 0.6) is 0 Å². The molecule has 11 heteroatoms. The molecule has 2 aliphatic rings. The number of esters is 2. The fraction of sp³-hybridized carbons (Fsp3) is 0.462. The third-order valence-electron chi connectivity index (χ3n) is 8.67. The zero-order valence-corrected chi connectivity index (χ0v) is 29.4. The van der Waals surface area contributed by atoms with Crippen LogP contribution >= 0.6 is 0 Å².